The molecule has 0 aliphatic rings. The highest BCUT2D eigenvalue weighted by Crippen LogP contribution is 2.28. The van der Waals surface area contributed by atoms with Crippen molar-refractivity contribution in [1.82, 2.24) is 4.98 Å². The molecule has 26 heavy (non-hydrogen) atoms. The molecule has 134 valence electrons. The molecule has 0 saturated heterocycles. The summed E-state index contributed by atoms with van der Waals surface area (Å²) in [6.45, 7) is 2.36. The van der Waals surface area contributed by atoms with Gasteiger partial charge in [-0.25, -0.2) is 4.98 Å². The largest absolute Gasteiger partial charge is 0.497 e. The lowest BCUT2D eigenvalue weighted by Gasteiger charge is -2.06. The van der Waals surface area contributed by atoms with Gasteiger partial charge in [0.1, 0.15) is 16.5 Å². The normalized spacial score (nSPS) is 10.9. The molecule has 0 amide bonds. The molecule has 5 nitrogen and oxygen atoms in total. The fourth-order valence-electron chi connectivity index (χ4n) is 2.40. The molecule has 0 N–H and O–H groups in total. The summed E-state index contributed by atoms with van der Waals surface area (Å²) in [5.74, 6) is 1.44. The zero-order valence-electron chi connectivity index (χ0n) is 14.9. The van der Waals surface area contributed by atoms with Gasteiger partial charge in [-0.1, -0.05) is 35.5 Å². The summed E-state index contributed by atoms with van der Waals surface area (Å²) in [5, 5.41) is 5.05. The van der Waals surface area contributed by atoms with Gasteiger partial charge >= 0.3 is 0 Å². The number of nitrogens with zero attached hydrogens (tertiary/aromatic N) is 2. The first kappa shape index (κ1) is 17.9. The minimum Gasteiger partial charge on any atom is -0.497 e. The fourth-order valence-corrected chi connectivity index (χ4v) is 3.37. The lowest BCUT2D eigenvalue weighted by molar-refractivity contribution is 0.134. The number of hydrogen-bond donors (Lipinski definition) is 0. The first-order chi connectivity index (χ1) is 12.7. The average molecular weight is 368 g/mol. The molecule has 2 aromatic carbocycles. The van der Waals surface area contributed by atoms with E-state index in [4.69, 9.17) is 14.3 Å². The predicted octanol–water partition coefficient (Wildman–Crippen LogP) is 4.69. The monoisotopic (exact) mass is 368 g/mol. The third kappa shape index (κ3) is 4.21. The van der Waals surface area contributed by atoms with Gasteiger partial charge in [-0.3, -0.25) is 0 Å². The number of aryl methyl sites for hydroxylation is 1. The Morgan fingerprint density at radius 3 is 2.62 bits per heavy atom. The molecule has 0 bridgehead atoms. The van der Waals surface area contributed by atoms with E-state index in [0.717, 1.165) is 32.5 Å². The van der Waals surface area contributed by atoms with Crippen LogP contribution in [0.3, 0.4) is 0 Å². The number of rotatable bonds is 7. The van der Waals surface area contributed by atoms with Gasteiger partial charge in [-0.2, -0.15) is 0 Å². The Morgan fingerprint density at radius 2 is 1.88 bits per heavy atom. The Labute approximate surface area is 156 Å². The van der Waals surface area contributed by atoms with Crippen LogP contribution in [0.1, 0.15) is 16.1 Å². The number of methoxy groups -OCH3 is 2. The predicted molar refractivity (Wildman–Crippen MR) is 104 cm³/mol. The summed E-state index contributed by atoms with van der Waals surface area (Å²) >= 11 is 1.62. The minimum atomic E-state index is 0.374. The third-order valence-corrected chi connectivity index (χ3v) is 4.99. The number of oxime groups is 1. The van der Waals surface area contributed by atoms with Gasteiger partial charge in [-0.05, 0) is 25.1 Å². The summed E-state index contributed by atoms with van der Waals surface area (Å²) in [7, 11) is 3.24. The molecule has 1 aromatic heterocycles. The highest BCUT2D eigenvalue weighted by atomic mass is 32.1. The topological polar surface area (TPSA) is 52.9 Å². The van der Waals surface area contributed by atoms with Crippen LogP contribution < -0.4 is 9.47 Å². The second-order valence-corrected chi connectivity index (χ2v) is 6.59. The van der Waals surface area contributed by atoms with Gasteiger partial charge < -0.3 is 14.3 Å². The van der Waals surface area contributed by atoms with E-state index in [0.29, 0.717) is 12.4 Å². The van der Waals surface area contributed by atoms with Crippen molar-refractivity contribution in [1.29, 1.82) is 0 Å². The molecule has 6 heteroatoms. The number of hydrogen-bond acceptors (Lipinski definition) is 6. The molecule has 3 aromatic rings. The fraction of sp³-hybridized carbons (Fsp3) is 0.200. The van der Waals surface area contributed by atoms with E-state index in [2.05, 4.69) is 22.3 Å². The Kier molecular flexibility index (Phi) is 5.86. The molecule has 0 spiro atoms. The molecule has 0 aliphatic carbocycles. The van der Waals surface area contributed by atoms with Crippen molar-refractivity contribution in [2.24, 2.45) is 5.16 Å². The SMILES string of the molecule is COc1ccc(OC)c(/C=N/OCc2sc(-c3ccccc3)nc2C)c1. The van der Waals surface area contributed by atoms with Crippen molar-refractivity contribution < 1.29 is 14.3 Å². The van der Waals surface area contributed by atoms with Gasteiger partial charge in [0.15, 0.2) is 6.61 Å². The Hall–Kier alpha value is -2.86. The molecular weight excluding hydrogens is 348 g/mol. The maximum Gasteiger partial charge on any atom is 0.153 e. The van der Waals surface area contributed by atoms with Gasteiger partial charge in [0.05, 0.1) is 31.0 Å². The van der Waals surface area contributed by atoms with E-state index in [1.807, 2.05) is 43.3 Å². The van der Waals surface area contributed by atoms with Crippen LogP contribution in [0.4, 0.5) is 0 Å². The van der Waals surface area contributed by atoms with Gasteiger partial charge in [0.2, 0.25) is 0 Å². The van der Waals surface area contributed by atoms with E-state index in [1.54, 1.807) is 31.8 Å². The quantitative estimate of drug-likeness (QED) is 0.449. The molecule has 3 rings (SSSR count). The highest BCUT2D eigenvalue weighted by Gasteiger charge is 2.09. The van der Waals surface area contributed by atoms with Gasteiger partial charge in [0, 0.05) is 11.1 Å². The van der Waals surface area contributed by atoms with Crippen LogP contribution >= 0.6 is 11.3 Å². The van der Waals surface area contributed by atoms with Crippen LogP contribution in [-0.2, 0) is 11.4 Å². The van der Waals surface area contributed by atoms with Crippen molar-refractivity contribution in [3.05, 3.63) is 64.7 Å². The zero-order valence-corrected chi connectivity index (χ0v) is 15.7. The average Bonchev–Trinajstić information content (AvgIpc) is 3.06. The first-order valence-corrected chi connectivity index (χ1v) is 8.92. The van der Waals surface area contributed by atoms with Crippen LogP contribution in [0.5, 0.6) is 11.5 Å². The van der Waals surface area contributed by atoms with Crippen molar-refractivity contribution in [2.75, 3.05) is 14.2 Å². The Bertz CT molecular complexity index is 891. The number of aromatic nitrogens is 1. The highest BCUT2D eigenvalue weighted by molar-refractivity contribution is 7.15. The minimum absolute atomic E-state index is 0.374. The lowest BCUT2D eigenvalue weighted by Crippen LogP contribution is -1.93. The molecule has 0 fully saturated rings. The molecule has 0 saturated carbocycles. The second kappa shape index (κ2) is 8.49. The summed E-state index contributed by atoms with van der Waals surface area (Å²) in [5.41, 5.74) is 2.86. The molecule has 0 aliphatic heterocycles. The molecule has 0 radical (unpaired) electrons. The van der Waals surface area contributed by atoms with Crippen molar-refractivity contribution in [3.8, 4) is 22.1 Å². The maximum atomic E-state index is 5.47. The zero-order chi connectivity index (χ0) is 18.4. The molecular formula is C20H20N2O3S. The summed E-state index contributed by atoms with van der Waals surface area (Å²) < 4.78 is 10.5. The molecule has 0 atom stereocenters. The first-order valence-electron chi connectivity index (χ1n) is 8.10. The third-order valence-electron chi connectivity index (χ3n) is 3.81. The lowest BCUT2D eigenvalue weighted by atomic mass is 10.2. The molecule has 1 heterocycles. The van der Waals surface area contributed by atoms with Gasteiger partial charge in [-0.15, -0.1) is 11.3 Å². The van der Waals surface area contributed by atoms with Crippen LogP contribution in [0.15, 0.2) is 53.7 Å². The van der Waals surface area contributed by atoms with Crippen LogP contribution in [0, 0.1) is 6.92 Å². The maximum absolute atomic E-state index is 5.47. The van der Waals surface area contributed by atoms with Crippen LogP contribution in [0.25, 0.3) is 10.6 Å². The van der Waals surface area contributed by atoms with E-state index in [1.165, 1.54) is 0 Å². The number of benzene rings is 2. The smallest absolute Gasteiger partial charge is 0.153 e. The summed E-state index contributed by atoms with van der Waals surface area (Å²) in [4.78, 5) is 11.1. The Morgan fingerprint density at radius 1 is 1.08 bits per heavy atom. The van der Waals surface area contributed by atoms with Gasteiger partial charge in [0.25, 0.3) is 0 Å². The van der Waals surface area contributed by atoms with E-state index in [-0.39, 0.29) is 0 Å². The Balaban J connectivity index is 1.67. The van der Waals surface area contributed by atoms with Crippen molar-refractivity contribution in [3.63, 3.8) is 0 Å². The second-order valence-electron chi connectivity index (χ2n) is 5.51. The standard InChI is InChI=1S/C20H20N2O3S/c1-14-19(26-20(22-14)15-7-5-4-6-8-15)13-25-21-12-16-11-17(23-2)9-10-18(16)24-3/h4-12H,13H2,1-3H3/b21-12+. The molecule has 0 unspecified atom stereocenters. The van der Waals surface area contributed by atoms with E-state index in [9.17, 15) is 0 Å². The van der Waals surface area contributed by atoms with E-state index >= 15 is 0 Å². The van der Waals surface area contributed by atoms with Crippen LogP contribution in [0.2, 0.25) is 0 Å². The van der Waals surface area contributed by atoms with Crippen LogP contribution in [-0.4, -0.2) is 25.4 Å². The number of thiazole rings is 1. The van der Waals surface area contributed by atoms with Crippen molar-refractivity contribution in [2.45, 2.75) is 13.5 Å². The van der Waals surface area contributed by atoms with E-state index < -0.39 is 0 Å². The summed E-state index contributed by atoms with van der Waals surface area (Å²) in [6.07, 6.45) is 1.62. The number of ether oxygens (including phenoxy) is 2. The van der Waals surface area contributed by atoms with Crippen molar-refractivity contribution >= 4 is 17.6 Å². The summed E-state index contributed by atoms with van der Waals surface area (Å²) in [6, 6.07) is 15.6.